The van der Waals surface area contributed by atoms with Crippen molar-refractivity contribution in [2.75, 3.05) is 19.0 Å². The molecule has 0 atom stereocenters. The summed E-state index contributed by atoms with van der Waals surface area (Å²) in [5, 5.41) is 19.3. The SMILES string of the molecule is COc1ccc(Nc2c(C)c(C)nn2C(CO)(c2ccccc2)c2ccccc2)cc1. The number of benzene rings is 3. The minimum Gasteiger partial charge on any atom is -0.497 e. The number of hydrogen-bond acceptors (Lipinski definition) is 4. The first kappa shape index (κ1) is 20.7. The van der Waals surface area contributed by atoms with E-state index in [0.29, 0.717) is 0 Å². The van der Waals surface area contributed by atoms with Gasteiger partial charge in [0.25, 0.3) is 0 Å². The van der Waals surface area contributed by atoms with Crippen molar-refractivity contribution in [2.24, 2.45) is 0 Å². The van der Waals surface area contributed by atoms with Crippen LogP contribution in [0.15, 0.2) is 84.9 Å². The lowest BCUT2D eigenvalue weighted by Gasteiger charge is -2.35. The van der Waals surface area contributed by atoms with E-state index >= 15 is 0 Å². The monoisotopic (exact) mass is 413 g/mol. The van der Waals surface area contributed by atoms with Crippen LogP contribution in [-0.2, 0) is 5.54 Å². The molecule has 0 spiro atoms. The summed E-state index contributed by atoms with van der Waals surface area (Å²) in [4.78, 5) is 0. The Morgan fingerprint density at radius 3 is 1.90 bits per heavy atom. The molecule has 31 heavy (non-hydrogen) atoms. The van der Waals surface area contributed by atoms with E-state index in [-0.39, 0.29) is 6.61 Å². The fraction of sp³-hybridized carbons (Fsp3) is 0.192. The number of nitrogens with zero attached hydrogens (tertiary/aromatic N) is 2. The molecule has 4 rings (SSSR count). The minimum atomic E-state index is -0.879. The maximum atomic E-state index is 10.9. The van der Waals surface area contributed by atoms with Crippen molar-refractivity contribution in [1.82, 2.24) is 9.78 Å². The summed E-state index contributed by atoms with van der Waals surface area (Å²) >= 11 is 0. The maximum Gasteiger partial charge on any atom is 0.138 e. The average Bonchev–Trinajstić information content (AvgIpc) is 3.10. The predicted octanol–water partition coefficient (Wildman–Crippen LogP) is 5.04. The molecule has 0 saturated heterocycles. The van der Waals surface area contributed by atoms with Gasteiger partial charge in [0.1, 0.15) is 17.1 Å². The minimum absolute atomic E-state index is 0.140. The van der Waals surface area contributed by atoms with Crippen LogP contribution in [0, 0.1) is 13.8 Å². The molecule has 1 heterocycles. The van der Waals surface area contributed by atoms with Crippen LogP contribution in [0.4, 0.5) is 11.5 Å². The first-order valence-corrected chi connectivity index (χ1v) is 10.3. The molecule has 1 aromatic heterocycles. The second-order valence-electron chi connectivity index (χ2n) is 7.57. The number of rotatable bonds is 7. The highest BCUT2D eigenvalue weighted by Crippen LogP contribution is 2.38. The maximum absolute atomic E-state index is 10.9. The van der Waals surface area contributed by atoms with Gasteiger partial charge in [0.15, 0.2) is 0 Å². The van der Waals surface area contributed by atoms with Crippen LogP contribution in [-0.4, -0.2) is 28.6 Å². The van der Waals surface area contributed by atoms with Crippen LogP contribution < -0.4 is 10.1 Å². The van der Waals surface area contributed by atoms with E-state index in [4.69, 9.17) is 9.84 Å². The van der Waals surface area contributed by atoms with Gasteiger partial charge in [-0.2, -0.15) is 5.10 Å². The lowest BCUT2D eigenvalue weighted by atomic mass is 9.83. The predicted molar refractivity (Wildman–Crippen MR) is 124 cm³/mol. The number of ether oxygens (including phenoxy) is 1. The average molecular weight is 414 g/mol. The Kier molecular flexibility index (Phi) is 5.78. The van der Waals surface area contributed by atoms with Crippen molar-refractivity contribution >= 4 is 11.5 Å². The van der Waals surface area contributed by atoms with E-state index < -0.39 is 5.54 Å². The quantitative estimate of drug-likeness (QED) is 0.446. The van der Waals surface area contributed by atoms with E-state index in [2.05, 4.69) is 5.32 Å². The van der Waals surface area contributed by atoms with Gasteiger partial charge in [0.2, 0.25) is 0 Å². The van der Waals surface area contributed by atoms with Crippen molar-refractivity contribution in [3.8, 4) is 5.75 Å². The number of aromatic nitrogens is 2. The molecule has 5 heteroatoms. The third-order valence-electron chi connectivity index (χ3n) is 5.81. The molecule has 158 valence electrons. The van der Waals surface area contributed by atoms with Crippen molar-refractivity contribution in [2.45, 2.75) is 19.4 Å². The first-order valence-electron chi connectivity index (χ1n) is 10.3. The van der Waals surface area contributed by atoms with Crippen LogP contribution in [0.5, 0.6) is 5.75 Å². The van der Waals surface area contributed by atoms with Crippen molar-refractivity contribution in [3.63, 3.8) is 0 Å². The van der Waals surface area contributed by atoms with E-state index in [1.165, 1.54) is 0 Å². The summed E-state index contributed by atoms with van der Waals surface area (Å²) in [6.07, 6.45) is 0. The highest BCUT2D eigenvalue weighted by atomic mass is 16.5. The zero-order chi connectivity index (χ0) is 21.8. The Bertz CT molecular complexity index is 1100. The molecule has 0 radical (unpaired) electrons. The number of nitrogens with one attached hydrogen (secondary N) is 1. The van der Waals surface area contributed by atoms with Gasteiger partial charge >= 0.3 is 0 Å². The molecular formula is C26H27N3O2. The molecule has 0 bridgehead atoms. The molecular weight excluding hydrogens is 386 g/mol. The molecule has 0 saturated carbocycles. The van der Waals surface area contributed by atoms with Gasteiger partial charge in [0, 0.05) is 11.3 Å². The van der Waals surface area contributed by atoms with Gasteiger partial charge in [-0.25, -0.2) is 4.68 Å². The fourth-order valence-electron chi connectivity index (χ4n) is 3.93. The Morgan fingerprint density at radius 2 is 1.42 bits per heavy atom. The number of aliphatic hydroxyl groups excluding tert-OH is 1. The highest BCUT2D eigenvalue weighted by molar-refractivity contribution is 5.63. The van der Waals surface area contributed by atoms with Gasteiger partial charge in [-0.15, -0.1) is 0 Å². The third kappa shape index (κ3) is 3.68. The van der Waals surface area contributed by atoms with E-state index in [9.17, 15) is 5.11 Å². The van der Waals surface area contributed by atoms with Crippen molar-refractivity contribution < 1.29 is 9.84 Å². The standard InChI is InChI=1S/C26H27N3O2/c1-19-20(2)28-29(25(19)27-23-14-16-24(31-3)17-15-23)26(18-30,21-10-6-4-7-11-21)22-12-8-5-9-13-22/h4-17,27,30H,18H2,1-3H3. The number of anilines is 2. The van der Waals surface area contributed by atoms with Gasteiger partial charge < -0.3 is 15.2 Å². The highest BCUT2D eigenvalue weighted by Gasteiger charge is 2.39. The zero-order valence-electron chi connectivity index (χ0n) is 18.0. The smallest absolute Gasteiger partial charge is 0.138 e. The summed E-state index contributed by atoms with van der Waals surface area (Å²) in [5.41, 5.74) is 3.89. The lowest BCUT2D eigenvalue weighted by Crippen LogP contribution is -2.41. The second kappa shape index (κ2) is 8.66. The Hall–Kier alpha value is -3.57. The Balaban J connectivity index is 1.93. The molecule has 2 N–H and O–H groups in total. The van der Waals surface area contributed by atoms with Gasteiger partial charge in [0.05, 0.1) is 19.4 Å². The number of hydrogen-bond donors (Lipinski definition) is 2. The van der Waals surface area contributed by atoms with Crippen LogP contribution in [0.2, 0.25) is 0 Å². The third-order valence-corrected chi connectivity index (χ3v) is 5.81. The number of methoxy groups -OCH3 is 1. The largest absolute Gasteiger partial charge is 0.497 e. The topological polar surface area (TPSA) is 59.3 Å². The van der Waals surface area contributed by atoms with Gasteiger partial charge in [-0.1, -0.05) is 60.7 Å². The van der Waals surface area contributed by atoms with E-state index in [0.717, 1.165) is 39.6 Å². The molecule has 5 nitrogen and oxygen atoms in total. The van der Waals surface area contributed by atoms with E-state index in [1.807, 2.05) is 103 Å². The first-order chi connectivity index (χ1) is 15.1. The summed E-state index contributed by atoms with van der Waals surface area (Å²) in [6.45, 7) is 3.89. The lowest BCUT2D eigenvalue weighted by molar-refractivity contribution is 0.187. The Labute approximate surface area is 182 Å². The molecule has 0 aliphatic rings. The van der Waals surface area contributed by atoms with Crippen molar-refractivity contribution in [3.05, 3.63) is 107 Å². The zero-order valence-corrected chi connectivity index (χ0v) is 18.0. The molecule has 4 aromatic rings. The van der Waals surface area contributed by atoms with Crippen molar-refractivity contribution in [1.29, 1.82) is 0 Å². The van der Waals surface area contributed by atoms with E-state index in [1.54, 1.807) is 7.11 Å². The fourth-order valence-corrected chi connectivity index (χ4v) is 3.93. The molecule has 3 aromatic carbocycles. The molecule has 0 aliphatic heterocycles. The molecule has 0 amide bonds. The van der Waals surface area contributed by atoms with Gasteiger partial charge in [-0.3, -0.25) is 0 Å². The second-order valence-corrected chi connectivity index (χ2v) is 7.57. The van der Waals surface area contributed by atoms with Crippen LogP contribution in [0.1, 0.15) is 22.4 Å². The van der Waals surface area contributed by atoms with Crippen LogP contribution in [0.3, 0.4) is 0 Å². The number of aryl methyl sites for hydroxylation is 1. The molecule has 0 aliphatic carbocycles. The summed E-state index contributed by atoms with van der Waals surface area (Å²) < 4.78 is 7.20. The summed E-state index contributed by atoms with van der Waals surface area (Å²) in [5.74, 6) is 1.63. The Morgan fingerprint density at radius 1 is 0.871 bits per heavy atom. The molecule has 0 unspecified atom stereocenters. The molecule has 0 fully saturated rings. The summed E-state index contributed by atoms with van der Waals surface area (Å²) in [7, 11) is 1.65. The van der Waals surface area contributed by atoms with Gasteiger partial charge in [-0.05, 0) is 49.2 Å². The number of aliphatic hydroxyl groups is 1. The normalized spacial score (nSPS) is 11.4. The van der Waals surface area contributed by atoms with Crippen LogP contribution >= 0.6 is 0 Å². The summed E-state index contributed by atoms with van der Waals surface area (Å²) in [6, 6.07) is 27.8. The van der Waals surface area contributed by atoms with Crippen LogP contribution in [0.25, 0.3) is 0 Å².